The van der Waals surface area contributed by atoms with Gasteiger partial charge in [-0.25, -0.2) is 4.98 Å². The second kappa shape index (κ2) is 4.83. The van der Waals surface area contributed by atoms with Gasteiger partial charge in [-0.3, -0.25) is 0 Å². The maximum absolute atomic E-state index is 5.92. The summed E-state index contributed by atoms with van der Waals surface area (Å²) in [4.78, 5) is 6.81. The molecule has 1 saturated heterocycles. The molecule has 2 rings (SSSR count). The molecule has 0 N–H and O–H groups in total. The molecule has 1 fully saturated rings. The van der Waals surface area contributed by atoms with E-state index in [2.05, 4.69) is 23.7 Å². The molecule has 1 unspecified atom stereocenters. The van der Waals surface area contributed by atoms with Gasteiger partial charge in [-0.15, -0.1) is 11.6 Å². The fraction of sp³-hybridized carbons (Fsp3) is 0.615. The lowest BCUT2D eigenvalue weighted by Gasteiger charge is -2.42. The molecular formula is C13H19ClN2O. The van der Waals surface area contributed by atoms with Crippen LogP contribution in [0.5, 0.6) is 0 Å². The van der Waals surface area contributed by atoms with Gasteiger partial charge in [0.1, 0.15) is 5.82 Å². The summed E-state index contributed by atoms with van der Waals surface area (Å²) in [6.45, 7) is 7.84. The molecule has 0 bridgehead atoms. The van der Waals surface area contributed by atoms with Gasteiger partial charge in [-0.1, -0.05) is 6.07 Å². The minimum Gasteiger partial charge on any atom is -0.367 e. The van der Waals surface area contributed by atoms with Crippen LogP contribution < -0.4 is 4.90 Å². The zero-order valence-electron chi connectivity index (χ0n) is 10.6. The number of aryl methyl sites for hydroxylation is 1. The highest BCUT2D eigenvalue weighted by Crippen LogP contribution is 2.25. The number of ether oxygens (including phenoxy) is 1. The highest BCUT2D eigenvalue weighted by atomic mass is 35.5. The van der Waals surface area contributed by atoms with Crippen LogP contribution in [0.25, 0.3) is 0 Å². The average molecular weight is 255 g/mol. The minimum absolute atomic E-state index is 0.0720. The lowest BCUT2D eigenvalue weighted by Crippen LogP contribution is -2.53. The molecule has 1 aliphatic heterocycles. The summed E-state index contributed by atoms with van der Waals surface area (Å²) in [6.07, 6.45) is 0.0720. The van der Waals surface area contributed by atoms with Gasteiger partial charge in [0.25, 0.3) is 0 Å². The molecule has 17 heavy (non-hydrogen) atoms. The van der Waals surface area contributed by atoms with Gasteiger partial charge in [-0.05, 0) is 32.9 Å². The van der Waals surface area contributed by atoms with Gasteiger partial charge in [0, 0.05) is 18.8 Å². The molecule has 3 nitrogen and oxygen atoms in total. The topological polar surface area (TPSA) is 25.4 Å². The van der Waals surface area contributed by atoms with Crippen LogP contribution in [0.2, 0.25) is 0 Å². The molecular weight excluding hydrogens is 236 g/mol. The van der Waals surface area contributed by atoms with E-state index in [-0.39, 0.29) is 11.7 Å². The van der Waals surface area contributed by atoms with Gasteiger partial charge in [0.05, 0.1) is 17.6 Å². The average Bonchev–Trinajstić information content (AvgIpc) is 2.27. The summed E-state index contributed by atoms with van der Waals surface area (Å²) >= 11 is 5.92. The van der Waals surface area contributed by atoms with E-state index in [1.807, 2.05) is 25.1 Å². The Hall–Kier alpha value is -0.800. The fourth-order valence-electron chi connectivity index (χ4n) is 2.26. The van der Waals surface area contributed by atoms with Gasteiger partial charge >= 0.3 is 0 Å². The van der Waals surface area contributed by atoms with Gasteiger partial charge in [0.2, 0.25) is 0 Å². The quantitative estimate of drug-likeness (QED) is 0.759. The Morgan fingerprint density at radius 1 is 1.53 bits per heavy atom. The number of nitrogens with zero attached hydrogens (tertiary/aromatic N) is 2. The van der Waals surface area contributed by atoms with Crippen LogP contribution in [0.3, 0.4) is 0 Å². The summed E-state index contributed by atoms with van der Waals surface area (Å²) in [5.41, 5.74) is 0.859. The third-order valence-electron chi connectivity index (χ3n) is 2.85. The van der Waals surface area contributed by atoms with Crippen molar-refractivity contribution in [3.8, 4) is 0 Å². The molecule has 1 aliphatic rings. The van der Waals surface area contributed by atoms with Crippen LogP contribution in [0.4, 0.5) is 5.82 Å². The van der Waals surface area contributed by atoms with E-state index in [0.29, 0.717) is 5.88 Å². The summed E-state index contributed by atoms with van der Waals surface area (Å²) < 4.78 is 5.90. The normalized spacial score (nSPS) is 23.8. The van der Waals surface area contributed by atoms with Crippen LogP contribution >= 0.6 is 11.6 Å². The number of morpholine rings is 1. The highest BCUT2D eigenvalue weighted by molar-refractivity contribution is 6.18. The zero-order chi connectivity index (χ0) is 12.5. The van der Waals surface area contributed by atoms with E-state index in [1.54, 1.807) is 0 Å². The lowest BCUT2D eigenvalue weighted by molar-refractivity contribution is -0.0736. The molecule has 0 aromatic carbocycles. The van der Waals surface area contributed by atoms with Crippen molar-refractivity contribution in [2.45, 2.75) is 32.5 Å². The second-order valence-corrected chi connectivity index (χ2v) is 5.48. The number of anilines is 1. The Kier molecular flexibility index (Phi) is 3.59. The third kappa shape index (κ3) is 3.11. The van der Waals surface area contributed by atoms with Crippen molar-refractivity contribution in [1.82, 2.24) is 4.98 Å². The molecule has 0 amide bonds. The van der Waals surface area contributed by atoms with Crippen molar-refractivity contribution < 1.29 is 4.74 Å². The maximum Gasteiger partial charge on any atom is 0.128 e. The Balaban J connectivity index is 2.20. The maximum atomic E-state index is 5.92. The Morgan fingerprint density at radius 2 is 2.29 bits per heavy atom. The van der Waals surface area contributed by atoms with Crippen molar-refractivity contribution in [2.75, 3.05) is 23.9 Å². The smallest absolute Gasteiger partial charge is 0.128 e. The molecule has 2 heterocycles. The molecule has 0 saturated carbocycles. The first kappa shape index (κ1) is 12.7. The second-order valence-electron chi connectivity index (χ2n) is 5.17. The molecule has 1 aromatic heterocycles. The van der Waals surface area contributed by atoms with Crippen molar-refractivity contribution in [3.63, 3.8) is 0 Å². The van der Waals surface area contributed by atoms with Gasteiger partial charge < -0.3 is 9.64 Å². The molecule has 0 radical (unpaired) electrons. The molecule has 0 spiro atoms. The monoisotopic (exact) mass is 254 g/mol. The van der Waals surface area contributed by atoms with E-state index in [1.165, 1.54) is 0 Å². The number of hydrogen-bond donors (Lipinski definition) is 0. The molecule has 94 valence electrons. The predicted octanol–water partition coefficient (Wildman–Crippen LogP) is 2.61. The van der Waals surface area contributed by atoms with Crippen LogP contribution in [-0.2, 0) is 4.74 Å². The molecule has 4 heteroatoms. The van der Waals surface area contributed by atoms with E-state index in [0.717, 1.165) is 24.6 Å². The van der Waals surface area contributed by atoms with E-state index < -0.39 is 0 Å². The van der Waals surface area contributed by atoms with E-state index in [4.69, 9.17) is 16.3 Å². The summed E-state index contributed by atoms with van der Waals surface area (Å²) in [6, 6.07) is 6.09. The zero-order valence-corrected chi connectivity index (χ0v) is 11.4. The van der Waals surface area contributed by atoms with Crippen molar-refractivity contribution in [3.05, 3.63) is 23.9 Å². The molecule has 1 atom stereocenters. The van der Waals surface area contributed by atoms with Gasteiger partial charge in [-0.2, -0.15) is 0 Å². The van der Waals surface area contributed by atoms with Crippen LogP contribution in [0, 0.1) is 6.92 Å². The number of halogens is 1. The first-order valence-corrected chi connectivity index (χ1v) is 6.46. The predicted molar refractivity (Wildman–Crippen MR) is 70.9 cm³/mol. The van der Waals surface area contributed by atoms with Crippen LogP contribution in [-0.4, -0.2) is 35.7 Å². The number of hydrogen-bond acceptors (Lipinski definition) is 3. The Morgan fingerprint density at radius 3 is 2.94 bits per heavy atom. The largest absolute Gasteiger partial charge is 0.367 e. The van der Waals surface area contributed by atoms with Crippen LogP contribution in [0.15, 0.2) is 18.2 Å². The highest BCUT2D eigenvalue weighted by Gasteiger charge is 2.33. The SMILES string of the molecule is Cc1cccc(N2CC(CCl)OC(C)(C)C2)n1. The lowest BCUT2D eigenvalue weighted by atomic mass is 10.1. The Labute approximate surface area is 108 Å². The van der Waals surface area contributed by atoms with E-state index in [9.17, 15) is 0 Å². The number of aromatic nitrogens is 1. The first-order valence-electron chi connectivity index (χ1n) is 5.92. The molecule has 1 aromatic rings. The van der Waals surface area contributed by atoms with Crippen molar-refractivity contribution in [2.24, 2.45) is 0 Å². The standard InChI is InChI=1S/C13H19ClN2O/c1-10-5-4-6-12(15-10)16-8-11(7-14)17-13(2,3)9-16/h4-6,11H,7-9H2,1-3H3. The van der Waals surface area contributed by atoms with E-state index >= 15 is 0 Å². The Bertz CT molecular complexity index is 395. The summed E-state index contributed by atoms with van der Waals surface area (Å²) in [5.74, 6) is 1.53. The van der Waals surface area contributed by atoms with Crippen molar-refractivity contribution in [1.29, 1.82) is 0 Å². The van der Waals surface area contributed by atoms with Crippen LogP contribution in [0.1, 0.15) is 19.5 Å². The number of alkyl halides is 1. The fourth-order valence-corrected chi connectivity index (χ4v) is 2.42. The first-order chi connectivity index (χ1) is 8.00. The number of pyridine rings is 1. The summed E-state index contributed by atoms with van der Waals surface area (Å²) in [5, 5.41) is 0. The minimum atomic E-state index is -0.177. The third-order valence-corrected chi connectivity index (χ3v) is 3.20. The number of rotatable bonds is 2. The molecule has 0 aliphatic carbocycles. The summed E-state index contributed by atoms with van der Waals surface area (Å²) in [7, 11) is 0. The van der Waals surface area contributed by atoms with Gasteiger partial charge in [0.15, 0.2) is 0 Å². The van der Waals surface area contributed by atoms with Crippen molar-refractivity contribution >= 4 is 17.4 Å².